The van der Waals surface area contributed by atoms with Gasteiger partial charge in [-0.2, -0.15) is 9.78 Å². The molecule has 1 aliphatic heterocycles. The molecule has 3 aromatic rings. The summed E-state index contributed by atoms with van der Waals surface area (Å²) in [6.45, 7) is 2.85. The molecule has 14 nitrogen and oxygen atoms in total. The molecule has 0 bridgehead atoms. The van der Waals surface area contributed by atoms with E-state index in [0.29, 0.717) is 48.6 Å². The number of carbonyl (C=O) groups is 1. The Bertz CT molecular complexity index is 1170. The first-order valence-corrected chi connectivity index (χ1v) is 10.5. The molecule has 3 heterocycles. The van der Waals surface area contributed by atoms with Crippen LogP contribution in [0.3, 0.4) is 0 Å². The minimum Gasteiger partial charge on any atom is -0.503 e. The Morgan fingerprint density at radius 2 is 2.18 bits per heavy atom. The third-order valence-electron chi connectivity index (χ3n) is 4.80. The molecule has 0 unspecified atom stereocenters. The minimum atomic E-state index is -0.583. The molecule has 0 atom stereocenters. The number of methoxy groups -OCH3 is 1. The summed E-state index contributed by atoms with van der Waals surface area (Å²) in [5.41, 5.74) is 9.31. The molecule has 15 heteroatoms. The lowest BCUT2D eigenvalue weighted by molar-refractivity contribution is 0.0332. The fourth-order valence-corrected chi connectivity index (χ4v) is 3.60. The van der Waals surface area contributed by atoms with Crippen LogP contribution >= 0.6 is 15.9 Å². The predicted molar refractivity (Wildman–Crippen MR) is 117 cm³/mol. The number of nitrogen functional groups attached to an aromatic ring is 1. The summed E-state index contributed by atoms with van der Waals surface area (Å²) in [7, 11) is 1.43. The number of ether oxygens (including phenoxy) is 2. The Kier molecular flexibility index (Phi) is 6.81. The van der Waals surface area contributed by atoms with Gasteiger partial charge < -0.3 is 20.3 Å². The Morgan fingerprint density at radius 3 is 2.88 bits per heavy atom. The van der Waals surface area contributed by atoms with Crippen LogP contribution in [0.15, 0.2) is 26.3 Å². The Labute approximate surface area is 195 Å². The Balaban J connectivity index is 1.57. The van der Waals surface area contributed by atoms with E-state index in [0.717, 1.165) is 0 Å². The van der Waals surface area contributed by atoms with Crippen molar-refractivity contribution in [3.8, 4) is 17.3 Å². The number of rotatable bonds is 7. The highest BCUT2D eigenvalue weighted by molar-refractivity contribution is 9.10. The zero-order valence-corrected chi connectivity index (χ0v) is 19.0. The van der Waals surface area contributed by atoms with Crippen molar-refractivity contribution in [2.24, 2.45) is 5.10 Å². The van der Waals surface area contributed by atoms with Crippen molar-refractivity contribution in [2.45, 2.75) is 6.54 Å². The molecular weight excluding hydrogens is 502 g/mol. The molecule has 0 saturated carbocycles. The van der Waals surface area contributed by atoms with Crippen LogP contribution in [0.25, 0.3) is 5.82 Å². The number of morpholine rings is 1. The van der Waals surface area contributed by atoms with E-state index in [1.54, 1.807) is 12.1 Å². The van der Waals surface area contributed by atoms with Gasteiger partial charge in [0.2, 0.25) is 11.6 Å². The van der Waals surface area contributed by atoms with Crippen LogP contribution in [0.5, 0.6) is 11.5 Å². The number of benzene rings is 1. The van der Waals surface area contributed by atoms with Crippen molar-refractivity contribution in [3.05, 3.63) is 33.6 Å². The Morgan fingerprint density at radius 1 is 1.39 bits per heavy atom. The number of amides is 1. The molecule has 4 N–H and O–H groups in total. The van der Waals surface area contributed by atoms with E-state index in [-0.39, 0.29) is 28.8 Å². The van der Waals surface area contributed by atoms with Crippen molar-refractivity contribution in [1.29, 1.82) is 0 Å². The average Bonchev–Trinajstić information content (AvgIpc) is 3.42. The molecule has 0 radical (unpaired) electrons. The highest BCUT2D eigenvalue weighted by Gasteiger charge is 2.26. The van der Waals surface area contributed by atoms with Gasteiger partial charge in [-0.1, -0.05) is 5.21 Å². The topological polar surface area (TPSA) is 179 Å². The van der Waals surface area contributed by atoms with Crippen molar-refractivity contribution < 1.29 is 24.0 Å². The molecule has 1 amide bonds. The van der Waals surface area contributed by atoms with Crippen LogP contribution in [0, 0.1) is 0 Å². The molecule has 1 saturated heterocycles. The number of aromatic nitrogens is 5. The van der Waals surface area contributed by atoms with Gasteiger partial charge in [-0.3, -0.25) is 9.69 Å². The zero-order valence-electron chi connectivity index (χ0n) is 17.4. The Hall–Kier alpha value is -3.56. The maximum absolute atomic E-state index is 12.9. The molecule has 33 heavy (non-hydrogen) atoms. The van der Waals surface area contributed by atoms with Crippen LogP contribution in [-0.4, -0.2) is 80.8 Å². The van der Waals surface area contributed by atoms with E-state index in [2.05, 4.69) is 56.6 Å². The van der Waals surface area contributed by atoms with Gasteiger partial charge in [0, 0.05) is 19.6 Å². The fourth-order valence-electron chi connectivity index (χ4n) is 3.14. The van der Waals surface area contributed by atoms with E-state index in [1.807, 2.05) is 0 Å². The summed E-state index contributed by atoms with van der Waals surface area (Å²) in [4.78, 5) is 14.9. The largest absolute Gasteiger partial charge is 0.503 e. The summed E-state index contributed by atoms with van der Waals surface area (Å²) in [6.07, 6.45) is 1.40. The summed E-state index contributed by atoms with van der Waals surface area (Å²) in [5, 5.41) is 29.2. The van der Waals surface area contributed by atoms with Gasteiger partial charge in [0.25, 0.3) is 5.91 Å². The average molecular weight is 522 g/mol. The van der Waals surface area contributed by atoms with Crippen molar-refractivity contribution in [2.75, 3.05) is 39.1 Å². The number of halogens is 1. The minimum absolute atomic E-state index is 0.0139. The summed E-state index contributed by atoms with van der Waals surface area (Å²) in [6, 6.07) is 3.18. The number of phenolic OH excluding ortho intramolecular Hbond substituents is 1. The van der Waals surface area contributed by atoms with Crippen molar-refractivity contribution >= 4 is 33.9 Å². The van der Waals surface area contributed by atoms with Crippen LogP contribution < -0.4 is 15.9 Å². The van der Waals surface area contributed by atoms with Crippen molar-refractivity contribution in [3.63, 3.8) is 0 Å². The van der Waals surface area contributed by atoms with E-state index < -0.39 is 5.91 Å². The van der Waals surface area contributed by atoms with Gasteiger partial charge in [0.15, 0.2) is 17.2 Å². The number of aromatic hydroxyl groups is 1. The normalized spacial score (nSPS) is 14.6. The highest BCUT2D eigenvalue weighted by Crippen LogP contribution is 2.34. The molecule has 174 valence electrons. The number of carbonyl (C=O) groups excluding carboxylic acids is 1. The van der Waals surface area contributed by atoms with Crippen LogP contribution in [-0.2, 0) is 11.3 Å². The second kappa shape index (κ2) is 9.93. The monoisotopic (exact) mass is 521 g/mol. The number of hydrogen-bond donors (Lipinski definition) is 3. The van der Waals surface area contributed by atoms with E-state index in [9.17, 15) is 9.90 Å². The van der Waals surface area contributed by atoms with Gasteiger partial charge in [-0.05, 0) is 43.9 Å². The second-order valence-corrected chi connectivity index (χ2v) is 7.77. The third-order valence-corrected chi connectivity index (χ3v) is 5.41. The molecule has 1 aromatic carbocycles. The number of nitrogens with two attached hydrogens (primary N) is 1. The smallest absolute Gasteiger partial charge is 0.293 e. The zero-order chi connectivity index (χ0) is 23.4. The fraction of sp³-hybridized carbons (Fsp3) is 0.333. The standard InChI is InChI=1S/C18H20BrN9O5/c1-31-13-7-10(6-11(19)15(13)29)8-21-23-18(30)14-12(9-27-2-4-32-5-3-27)28(26-22-14)17-16(20)24-33-25-17/h6-8,29H,2-5,9H2,1H3,(H2,20,24)(H,23,30)/b21-8+. The number of nitrogens with zero attached hydrogens (tertiary/aromatic N) is 7. The first-order chi connectivity index (χ1) is 16.0. The third kappa shape index (κ3) is 4.94. The molecule has 4 rings (SSSR count). The maximum atomic E-state index is 12.9. The van der Waals surface area contributed by atoms with Crippen LogP contribution in [0.2, 0.25) is 0 Å². The number of anilines is 1. The molecule has 1 aliphatic rings. The summed E-state index contributed by atoms with van der Waals surface area (Å²) < 4.78 is 16.9. The lowest BCUT2D eigenvalue weighted by Gasteiger charge is -2.26. The van der Waals surface area contributed by atoms with Crippen LogP contribution in [0.1, 0.15) is 21.7 Å². The molecule has 0 spiro atoms. The number of hydrogen-bond acceptors (Lipinski definition) is 12. The van der Waals surface area contributed by atoms with E-state index in [4.69, 9.17) is 15.2 Å². The second-order valence-electron chi connectivity index (χ2n) is 6.91. The molecule has 0 aliphatic carbocycles. The van der Waals surface area contributed by atoms with Crippen LogP contribution in [0.4, 0.5) is 5.82 Å². The number of hydrazone groups is 1. The first kappa shape index (κ1) is 22.6. The van der Waals surface area contributed by atoms with Gasteiger partial charge in [0.1, 0.15) is 0 Å². The highest BCUT2D eigenvalue weighted by atomic mass is 79.9. The quantitative estimate of drug-likeness (QED) is 0.287. The van der Waals surface area contributed by atoms with Gasteiger partial charge in [-0.15, -0.1) is 5.10 Å². The maximum Gasteiger partial charge on any atom is 0.293 e. The summed E-state index contributed by atoms with van der Waals surface area (Å²) >= 11 is 3.24. The SMILES string of the molecule is COc1cc(/C=N/NC(=O)c2nnn(-c3nonc3N)c2CN2CCOCC2)cc(Br)c1O. The van der Waals surface area contributed by atoms with Gasteiger partial charge >= 0.3 is 0 Å². The number of nitrogens with one attached hydrogen (secondary N) is 1. The van der Waals surface area contributed by atoms with Crippen molar-refractivity contribution in [1.82, 2.24) is 35.6 Å². The van der Waals surface area contributed by atoms with E-state index in [1.165, 1.54) is 18.0 Å². The molecule has 2 aromatic heterocycles. The predicted octanol–water partition coefficient (Wildman–Crippen LogP) is 0.305. The van der Waals surface area contributed by atoms with Gasteiger partial charge in [-0.25, -0.2) is 10.1 Å². The lowest BCUT2D eigenvalue weighted by Crippen LogP contribution is -2.37. The van der Waals surface area contributed by atoms with E-state index >= 15 is 0 Å². The first-order valence-electron chi connectivity index (χ1n) is 9.71. The van der Waals surface area contributed by atoms with Gasteiger partial charge in [0.05, 0.1) is 36.7 Å². The number of phenols is 1. The summed E-state index contributed by atoms with van der Waals surface area (Å²) in [5.74, 6) is -0.216. The molecule has 1 fully saturated rings. The lowest BCUT2D eigenvalue weighted by atomic mass is 10.2. The molecular formula is C18H20BrN9O5.